The van der Waals surface area contributed by atoms with Crippen LogP contribution in [0.15, 0.2) is 12.2 Å². The fourth-order valence-corrected chi connectivity index (χ4v) is 1.13. The topological polar surface area (TPSA) is 75.6 Å². The normalized spacial score (nSPS) is 14.2. The number of aliphatic hydroxyl groups is 1. The third kappa shape index (κ3) is 7.78. The lowest BCUT2D eigenvalue weighted by atomic mass is 10.1. The van der Waals surface area contributed by atoms with Crippen molar-refractivity contribution < 1.29 is 32.6 Å². The number of ether oxygens (including phenoxy) is 1. The van der Waals surface area contributed by atoms with Gasteiger partial charge in [0.2, 0.25) is 0 Å². The van der Waals surface area contributed by atoms with Gasteiger partial charge in [-0.15, -0.1) is 0 Å². The van der Waals surface area contributed by atoms with Gasteiger partial charge >= 0.3 is 18.1 Å². The molecule has 20 heavy (non-hydrogen) atoms. The van der Waals surface area contributed by atoms with Gasteiger partial charge in [0.05, 0.1) is 6.61 Å². The van der Waals surface area contributed by atoms with Crippen LogP contribution in [0.2, 0.25) is 0 Å². The number of carbonyl (C=O) groups is 2. The zero-order valence-electron chi connectivity index (χ0n) is 11.5. The van der Waals surface area contributed by atoms with Gasteiger partial charge in [0.1, 0.15) is 11.6 Å². The smallest absolute Gasteiger partial charge is 0.458 e. The van der Waals surface area contributed by atoms with Crippen molar-refractivity contribution in [3.8, 4) is 0 Å². The SMILES string of the molecule is CC(C)(C)OC(=O)C(C/C=C\CO)NC(=O)C(F)(F)F. The second-order valence-electron chi connectivity index (χ2n) is 4.95. The highest BCUT2D eigenvalue weighted by molar-refractivity contribution is 5.87. The van der Waals surface area contributed by atoms with Crippen LogP contribution in [0.1, 0.15) is 27.2 Å². The molecule has 1 atom stereocenters. The van der Waals surface area contributed by atoms with E-state index in [-0.39, 0.29) is 13.0 Å². The molecule has 0 spiro atoms. The van der Waals surface area contributed by atoms with Gasteiger partial charge < -0.3 is 15.2 Å². The fraction of sp³-hybridized carbons (Fsp3) is 0.667. The first-order valence-electron chi connectivity index (χ1n) is 5.84. The zero-order valence-corrected chi connectivity index (χ0v) is 11.5. The van der Waals surface area contributed by atoms with Crippen LogP contribution in [0.5, 0.6) is 0 Å². The Morgan fingerprint density at radius 2 is 1.80 bits per heavy atom. The summed E-state index contributed by atoms with van der Waals surface area (Å²) in [7, 11) is 0. The Kier molecular flexibility index (Phi) is 6.70. The lowest BCUT2D eigenvalue weighted by Crippen LogP contribution is -2.48. The molecule has 0 aromatic heterocycles. The molecule has 1 amide bonds. The number of carbonyl (C=O) groups excluding carboxylic acids is 2. The Balaban J connectivity index is 4.85. The lowest BCUT2D eigenvalue weighted by Gasteiger charge is -2.24. The molecule has 0 heterocycles. The maximum atomic E-state index is 12.2. The summed E-state index contributed by atoms with van der Waals surface area (Å²) in [6, 6.07) is -1.47. The largest absolute Gasteiger partial charge is 0.471 e. The van der Waals surface area contributed by atoms with Crippen LogP contribution in [0.4, 0.5) is 13.2 Å². The number of amides is 1. The average Bonchev–Trinajstić information content (AvgIpc) is 2.23. The molecule has 8 heteroatoms. The molecule has 0 radical (unpaired) electrons. The molecule has 116 valence electrons. The van der Waals surface area contributed by atoms with Crippen LogP contribution in [0.3, 0.4) is 0 Å². The zero-order chi connectivity index (χ0) is 16.0. The van der Waals surface area contributed by atoms with Crippen LogP contribution in [-0.4, -0.2) is 41.4 Å². The monoisotopic (exact) mass is 297 g/mol. The first-order valence-corrected chi connectivity index (χ1v) is 5.84. The minimum atomic E-state index is -5.08. The average molecular weight is 297 g/mol. The standard InChI is InChI=1S/C12H18F3NO4/c1-11(2,3)20-9(18)8(6-4-5-7-17)16-10(19)12(13,14)15/h4-5,8,17H,6-7H2,1-3H3,(H,16,19)/b5-4-. The van der Waals surface area contributed by atoms with Gasteiger partial charge in [0.25, 0.3) is 0 Å². The Hall–Kier alpha value is -1.57. The number of halogens is 3. The van der Waals surface area contributed by atoms with E-state index in [1.54, 1.807) is 26.1 Å². The van der Waals surface area contributed by atoms with Crippen LogP contribution in [0.25, 0.3) is 0 Å². The maximum Gasteiger partial charge on any atom is 0.471 e. The third-order valence-electron chi connectivity index (χ3n) is 1.90. The number of hydrogen-bond donors (Lipinski definition) is 2. The summed E-state index contributed by atoms with van der Waals surface area (Å²) in [5, 5.41) is 10.1. The molecule has 0 aliphatic heterocycles. The Morgan fingerprint density at radius 1 is 1.25 bits per heavy atom. The van der Waals surface area contributed by atoms with Crippen molar-refractivity contribution in [1.29, 1.82) is 0 Å². The second-order valence-corrected chi connectivity index (χ2v) is 4.95. The van der Waals surface area contributed by atoms with Gasteiger partial charge in [-0.05, 0) is 27.2 Å². The molecular weight excluding hydrogens is 279 g/mol. The van der Waals surface area contributed by atoms with E-state index in [1.807, 2.05) is 0 Å². The van der Waals surface area contributed by atoms with E-state index < -0.39 is 29.7 Å². The highest BCUT2D eigenvalue weighted by Gasteiger charge is 2.41. The van der Waals surface area contributed by atoms with Gasteiger partial charge in [-0.3, -0.25) is 4.79 Å². The van der Waals surface area contributed by atoms with Crippen molar-refractivity contribution in [3.05, 3.63) is 12.2 Å². The van der Waals surface area contributed by atoms with Gasteiger partial charge in [0.15, 0.2) is 0 Å². The lowest BCUT2D eigenvalue weighted by molar-refractivity contribution is -0.177. The number of aliphatic hydroxyl groups excluding tert-OH is 1. The van der Waals surface area contributed by atoms with E-state index in [9.17, 15) is 22.8 Å². The van der Waals surface area contributed by atoms with Crippen LogP contribution >= 0.6 is 0 Å². The van der Waals surface area contributed by atoms with Crippen LogP contribution < -0.4 is 5.32 Å². The number of hydrogen-bond acceptors (Lipinski definition) is 4. The predicted octanol–water partition coefficient (Wildman–Crippen LogP) is 1.31. The minimum Gasteiger partial charge on any atom is -0.458 e. The Morgan fingerprint density at radius 3 is 2.20 bits per heavy atom. The molecule has 0 aromatic carbocycles. The van der Waals surface area contributed by atoms with Crippen molar-refractivity contribution in [2.75, 3.05) is 6.61 Å². The van der Waals surface area contributed by atoms with Crippen molar-refractivity contribution in [2.24, 2.45) is 0 Å². The summed E-state index contributed by atoms with van der Waals surface area (Å²) in [6.45, 7) is 4.33. The summed E-state index contributed by atoms with van der Waals surface area (Å²) in [4.78, 5) is 22.6. The maximum absolute atomic E-state index is 12.2. The summed E-state index contributed by atoms with van der Waals surface area (Å²) < 4.78 is 41.5. The summed E-state index contributed by atoms with van der Waals surface area (Å²) >= 11 is 0. The molecule has 5 nitrogen and oxygen atoms in total. The number of nitrogens with one attached hydrogen (secondary N) is 1. The fourth-order valence-electron chi connectivity index (χ4n) is 1.13. The molecule has 0 aliphatic carbocycles. The molecule has 2 N–H and O–H groups in total. The van der Waals surface area contributed by atoms with Crippen LogP contribution in [-0.2, 0) is 14.3 Å². The molecule has 0 bridgehead atoms. The van der Waals surface area contributed by atoms with E-state index in [1.165, 1.54) is 12.2 Å². The molecular formula is C12H18F3NO4. The Labute approximate surface area is 114 Å². The summed E-state index contributed by atoms with van der Waals surface area (Å²) in [6.07, 6.45) is -2.76. The van der Waals surface area contributed by atoms with E-state index in [0.29, 0.717) is 0 Å². The highest BCUT2D eigenvalue weighted by Crippen LogP contribution is 2.16. The quantitative estimate of drug-likeness (QED) is 0.592. The van der Waals surface area contributed by atoms with Gasteiger partial charge in [-0.2, -0.15) is 13.2 Å². The van der Waals surface area contributed by atoms with Gasteiger partial charge in [0, 0.05) is 0 Å². The van der Waals surface area contributed by atoms with E-state index >= 15 is 0 Å². The van der Waals surface area contributed by atoms with Crippen LogP contribution in [0, 0.1) is 0 Å². The third-order valence-corrected chi connectivity index (χ3v) is 1.90. The number of alkyl halides is 3. The molecule has 0 aliphatic rings. The summed E-state index contributed by atoms with van der Waals surface area (Å²) in [5.74, 6) is -3.19. The first kappa shape index (κ1) is 18.4. The van der Waals surface area contributed by atoms with Crippen molar-refractivity contribution >= 4 is 11.9 Å². The molecule has 0 aromatic rings. The van der Waals surface area contributed by atoms with E-state index in [0.717, 1.165) is 0 Å². The molecule has 0 saturated heterocycles. The minimum absolute atomic E-state index is 0.211. The van der Waals surface area contributed by atoms with Crippen molar-refractivity contribution in [1.82, 2.24) is 5.32 Å². The van der Waals surface area contributed by atoms with Crippen molar-refractivity contribution in [2.45, 2.75) is 45.0 Å². The second kappa shape index (κ2) is 7.28. The van der Waals surface area contributed by atoms with E-state index in [4.69, 9.17) is 9.84 Å². The number of rotatable bonds is 5. The summed E-state index contributed by atoms with van der Waals surface area (Å²) in [5.41, 5.74) is -0.890. The van der Waals surface area contributed by atoms with E-state index in [2.05, 4.69) is 0 Å². The van der Waals surface area contributed by atoms with Gasteiger partial charge in [-0.25, -0.2) is 4.79 Å². The number of esters is 1. The first-order chi connectivity index (χ1) is 8.97. The van der Waals surface area contributed by atoms with Crippen molar-refractivity contribution in [3.63, 3.8) is 0 Å². The molecule has 0 saturated carbocycles. The molecule has 0 rings (SSSR count). The van der Waals surface area contributed by atoms with Gasteiger partial charge in [-0.1, -0.05) is 12.2 Å². The molecule has 1 unspecified atom stereocenters. The highest BCUT2D eigenvalue weighted by atomic mass is 19.4. The predicted molar refractivity (Wildman–Crippen MR) is 64.7 cm³/mol. The molecule has 0 fully saturated rings. The Bertz CT molecular complexity index is 372.